The van der Waals surface area contributed by atoms with Crippen molar-refractivity contribution < 1.29 is 0 Å². The molecule has 4 heteroatoms. The molecule has 2 aromatic rings. The zero-order valence-electron chi connectivity index (χ0n) is 11.5. The van der Waals surface area contributed by atoms with Gasteiger partial charge >= 0.3 is 0 Å². The van der Waals surface area contributed by atoms with E-state index in [2.05, 4.69) is 49.5 Å². The van der Waals surface area contributed by atoms with Crippen LogP contribution in [0.3, 0.4) is 0 Å². The van der Waals surface area contributed by atoms with E-state index in [4.69, 9.17) is 4.98 Å². The molecule has 1 N–H and O–H groups in total. The molecule has 0 fully saturated rings. The summed E-state index contributed by atoms with van der Waals surface area (Å²) < 4.78 is 0. The van der Waals surface area contributed by atoms with Crippen LogP contribution in [-0.4, -0.2) is 11.5 Å². The van der Waals surface area contributed by atoms with E-state index >= 15 is 0 Å². The monoisotopic (exact) mass is 292 g/mol. The first-order valence-electron chi connectivity index (χ1n) is 6.69. The summed E-state index contributed by atoms with van der Waals surface area (Å²) in [5.41, 5.74) is 1.26. The number of hydrogen-bond acceptors (Lipinski definition) is 4. The topological polar surface area (TPSA) is 24.9 Å². The predicted octanol–water partition coefficient (Wildman–Crippen LogP) is 4.11. The Morgan fingerprint density at radius 2 is 2.00 bits per heavy atom. The van der Waals surface area contributed by atoms with Crippen LogP contribution in [0.25, 0.3) is 0 Å². The molecule has 0 saturated carbocycles. The molecule has 0 bridgehead atoms. The number of benzene rings is 1. The van der Waals surface area contributed by atoms with Gasteiger partial charge in [0.25, 0.3) is 0 Å². The van der Waals surface area contributed by atoms with Crippen LogP contribution in [0.15, 0.2) is 35.2 Å². The Morgan fingerprint density at radius 3 is 2.68 bits per heavy atom. The summed E-state index contributed by atoms with van der Waals surface area (Å²) in [4.78, 5) is 7.46. The van der Waals surface area contributed by atoms with Gasteiger partial charge in [0, 0.05) is 16.3 Å². The molecule has 0 spiro atoms. The highest BCUT2D eigenvalue weighted by atomic mass is 32.2. The summed E-state index contributed by atoms with van der Waals surface area (Å²) in [5.74, 6) is 0.966. The van der Waals surface area contributed by atoms with E-state index in [1.54, 1.807) is 0 Å². The standard InChI is InChI=1S/C15H20N2S2/c1-3-13-14(10-16-4-2)19-15(17-13)11-18-12-8-6-5-7-9-12/h5-9,16H,3-4,10-11H2,1-2H3. The van der Waals surface area contributed by atoms with Crippen LogP contribution in [0.5, 0.6) is 0 Å². The zero-order chi connectivity index (χ0) is 13.5. The summed E-state index contributed by atoms with van der Waals surface area (Å²) in [7, 11) is 0. The molecule has 0 aliphatic rings. The fourth-order valence-electron chi connectivity index (χ4n) is 1.81. The molecule has 0 radical (unpaired) electrons. The molecule has 0 aliphatic heterocycles. The highest BCUT2D eigenvalue weighted by Gasteiger charge is 2.09. The van der Waals surface area contributed by atoms with Gasteiger partial charge in [-0.3, -0.25) is 0 Å². The van der Waals surface area contributed by atoms with Crippen LogP contribution in [0.4, 0.5) is 0 Å². The zero-order valence-corrected chi connectivity index (χ0v) is 13.1. The molecule has 2 rings (SSSR count). The number of aromatic nitrogens is 1. The van der Waals surface area contributed by atoms with Crippen molar-refractivity contribution in [1.82, 2.24) is 10.3 Å². The first kappa shape index (κ1) is 14.6. The fraction of sp³-hybridized carbons (Fsp3) is 0.400. The number of aryl methyl sites for hydroxylation is 1. The molecular formula is C15H20N2S2. The maximum Gasteiger partial charge on any atom is 0.103 e. The summed E-state index contributed by atoms with van der Waals surface area (Å²) in [6, 6.07) is 10.5. The van der Waals surface area contributed by atoms with Crippen molar-refractivity contribution >= 4 is 23.1 Å². The Labute approximate surface area is 123 Å². The second kappa shape index (κ2) is 7.68. The number of hydrogen-bond donors (Lipinski definition) is 1. The van der Waals surface area contributed by atoms with Crippen molar-refractivity contribution in [3.05, 3.63) is 45.9 Å². The lowest BCUT2D eigenvalue weighted by Crippen LogP contribution is -2.11. The Morgan fingerprint density at radius 1 is 1.21 bits per heavy atom. The van der Waals surface area contributed by atoms with E-state index in [1.807, 2.05) is 23.1 Å². The van der Waals surface area contributed by atoms with Crippen LogP contribution in [-0.2, 0) is 18.7 Å². The van der Waals surface area contributed by atoms with Gasteiger partial charge in [-0.05, 0) is 25.1 Å². The minimum atomic E-state index is 0.952. The van der Waals surface area contributed by atoms with Crippen LogP contribution in [0.1, 0.15) is 29.4 Å². The molecule has 0 unspecified atom stereocenters. The normalized spacial score (nSPS) is 10.8. The van der Waals surface area contributed by atoms with Crippen molar-refractivity contribution in [2.24, 2.45) is 0 Å². The van der Waals surface area contributed by atoms with Gasteiger partial charge in [0.05, 0.1) is 11.4 Å². The Bertz CT molecular complexity index is 494. The minimum absolute atomic E-state index is 0.952. The first-order valence-corrected chi connectivity index (χ1v) is 8.49. The highest BCUT2D eigenvalue weighted by molar-refractivity contribution is 7.98. The maximum atomic E-state index is 4.75. The average molecular weight is 292 g/mol. The minimum Gasteiger partial charge on any atom is -0.312 e. The van der Waals surface area contributed by atoms with Crippen LogP contribution < -0.4 is 5.32 Å². The van der Waals surface area contributed by atoms with Gasteiger partial charge in [-0.2, -0.15) is 0 Å². The van der Waals surface area contributed by atoms with Crippen molar-refractivity contribution in [2.45, 2.75) is 37.5 Å². The van der Waals surface area contributed by atoms with Gasteiger partial charge in [-0.15, -0.1) is 23.1 Å². The predicted molar refractivity (Wildman–Crippen MR) is 84.9 cm³/mol. The molecule has 0 amide bonds. The lowest BCUT2D eigenvalue weighted by molar-refractivity contribution is 0.727. The first-order chi connectivity index (χ1) is 9.33. The van der Waals surface area contributed by atoms with Gasteiger partial charge < -0.3 is 5.32 Å². The molecule has 1 aromatic heterocycles. The van der Waals surface area contributed by atoms with Gasteiger partial charge in [0.15, 0.2) is 0 Å². The number of nitrogens with one attached hydrogen (secondary N) is 1. The van der Waals surface area contributed by atoms with Gasteiger partial charge in [-0.1, -0.05) is 32.0 Å². The summed E-state index contributed by atoms with van der Waals surface area (Å²) >= 11 is 3.71. The summed E-state index contributed by atoms with van der Waals surface area (Å²) in [5, 5.41) is 4.62. The molecule has 0 aliphatic carbocycles. The molecule has 102 valence electrons. The van der Waals surface area contributed by atoms with Crippen molar-refractivity contribution in [3.8, 4) is 0 Å². The molecule has 1 aromatic carbocycles. The molecule has 2 nitrogen and oxygen atoms in total. The van der Waals surface area contributed by atoms with E-state index in [0.717, 1.165) is 25.3 Å². The van der Waals surface area contributed by atoms with Crippen molar-refractivity contribution in [1.29, 1.82) is 0 Å². The van der Waals surface area contributed by atoms with E-state index in [0.29, 0.717) is 0 Å². The van der Waals surface area contributed by atoms with Crippen LogP contribution >= 0.6 is 23.1 Å². The second-order valence-corrected chi connectivity index (χ2v) is 6.43. The third kappa shape index (κ3) is 4.34. The third-order valence-electron chi connectivity index (χ3n) is 2.80. The van der Waals surface area contributed by atoms with Crippen molar-refractivity contribution in [3.63, 3.8) is 0 Å². The maximum absolute atomic E-state index is 4.75. The summed E-state index contributed by atoms with van der Waals surface area (Å²) in [6.07, 6.45) is 1.02. The lowest BCUT2D eigenvalue weighted by Gasteiger charge is -1.99. The van der Waals surface area contributed by atoms with Crippen molar-refractivity contribution in [2.75, 3.05) is 6.54 Å². The van der Waals surface area contributed by atoms with Gasteiger partial charge in [0.2, 0.25) is 0 Å². The average Bonchev–Trinajstić information content (AvgIpc) is 2.86. The van der Waals surface area contributed by atoms with Gasteiger partial charge in [0.1, 0.15) is 5.01 Å². The fourth-order valence-corrected chi connectivity index (χ4v) is 3.85. The molecule has 0 saturated heterocycles. The molecule has 1 heterocycles. The number of nitrogens with zero attached hydrogens (tertiary/aromatic N) is 1. The molecule has 19 heavy (non-hydrogen) atoms. The molecule has 0 atom stereocenters. The highest BCUT2D eigenvalue weighted by Crippen LogP contribution is 2.27. The SMILES string of the molecule is CCNCc1sc(CSc2ccccc2)nc1CC. The second-order valence-electron chi connectivity index (χ2n) is 4.21. The molecular weight excluding hydrogens is 272 g/mol. The Hall–Kier alpha value is -0.840. The van der Waals surface area contributed by atoms with E-state index in [9.17, 15) is 0 Å². The van der Waals surface area contributed by atoms with Crippen LogP contribution in [0, 0.1) is 0 Å². The number of thioether (sulfide) groups is 1. The third-order valence-corrected chi connectivity index (χ3v) is 5.10. The smallest absolute Gasteiger partial charge is 0.103 e. The van der Waals surface area contributed by atoms with E-state index in [-0.39, 0.29) is 0 Å². The largest absolute Gasteiger partial charge is 0.312 e. The van der Waals surface area contributed by atoms with Gasteiger partial charge in [-0.25, -0.2) is 4.98 Å². The van der Waals surface area contributed by atoms with Crippen LogP contribution in [0.2, 0.25) is 0 Å². The lowest BCUT2D eigenvalue weighted by atomic mass is 10.3. The quantitative estimate of drug-likeness (QED) is 0.777. The van der Waals surface area contributed by atoms with E-state index < -0.39 is 0 Å². The Kier molecular flexibility index (Phi) is 5.89. The summed E-state index contributed by atoms with van der Waals surface area (Å²) in [6.45, 7) is 6.28. The van der Waals surface area contributed by atoms with E-state index in [1.165, 1.54) is 20.5 Å². The Balaban J connectivity index is 1.98. The number of rotatable bonds is 7. The number of thiazole rings is 1.